The maximum absolute atomic E-state index is 12.6. The Balaban J connectivity index is 1.76. The van der Waals surface area contributed by atoms with Crippen molar-refractivity contribution in [3.63, 3.8) is 0 Å². The first kappa shape index (κ1) is 18.4. The molecule has 0 atom stereocenters. The summed E-state index contributed by atoms with van der Waals surface area (Å²) < 4.78 is 1.69. The molecule has 0 unspecified atom stereocenters. The van der Waals surface area contributed by atoms with Gasteiger partial charge in [0.15, 0.2) is 0 Å². The monoisotopic (exact) mass is 362 g/mol. The molecule has 138 valence electrons. The fourth-order valence-corrected chi connectivity index (χ4v) is 2.79. The van der Waals surface area contributed by atoms with E-state index in [1.165, 1.54) is 0 Å². The molecular weight excluding hydrogens is 340 g/mol. The highest BCUT2D eigenvalue weighted by Gasteiger charge is 2.13. The second-order valence-electron chi connectivity index (χ2n) is 6.30. The van der Waals surface area contributed by atoms with E-state index in [1.807, 2.05) is 45.0 Å². The lowest BCUT2D eigenvalue weighted by Gasteiger charge is -2.09. The van der Waals surface area contributed by atoms with Crippen LogP contribution in [0.2, 0.25) is 0 Å². The highest BCUT2D eigenvalue weighted by molar-refractivity contribution is 6.04. The minimum atomic E-state index is -0.247. The van der Waals surface area contributed by atoms with Crippen molar-refractivity contribution in [2.45, 2.75) is 20.8 Å². The highest BCUT2D eigenvalue weighted by atomic mass is 16.2. The van der Waals surface area contributed by atoms with E-state index in [9.17, 15) is 9.59 Å². The van der Waals surface area contributed by atoms with Gasteiger partial charge in [-0.15, -0.1) is 0 Å². The van der Waals surface area contributed by atoms with E-state index in [-0.39, 0.29) is 11.8 Å². The minimum Gasteiger partial charge on any atom is -0.352 e. The van der Waals surface area contributed by atoms with Crippen molar-refractivity contribution >= 4 is 17.5 Å². The number of carbonyl (C=O) groups is 2. The smallest absolute Gasteiger partial charge is 0.258 e. The first-order valence-electron chi connectivity index (χ1n) is 8.80. The first-order chi connectivity index (χ1) is 13.0. The highest BCUT2D eigenvalue weighted by Crippen LogP contribution is 2.18. The normalized spacial score (nSPS) is 10.5. The molecule has 3 rings (SSSR count). The fourth-order valence-electron chi connectivity index (χ4n) is 2.79. The summed E-state index contributed by atoms with van der Waals surface area (Å²) in [5.41, 5.74) is 4.52. The van der Waals surface area contributed by atoms with Crippen molar-refractivity contribution in [2.75, 3.05) is 11.9 Å². The number of benzene rings is 2. The summed E-state index contributed by atoms with van der Waals surface area (Å²) in [6.45, 7) is 6.29. The van der Waals surface area contributed by atoms with Crippen LogP contribution < -0.4 is 10.6 Å². The Morgan fingerprint density at radius 2 is 1.78 bits per heavy atom. The Kier molecular flexibility index (Phi) is 5.35. The van der Waals surface area contributed by atoms with Gasteiger partial charge in [0.1, 0.15) is 0 Å². The van der Waals surface area contributed by atoms with Crippen molar-refractivity contribution in [2.24, 2.45) is 0 Å². The molecule has 0 saturated heterocycles. The van der Waals surface area contributed by atoms with Gasteiger partial charge in [0, 0.05) is 24.0 Å². The van der Waals surface area contributed by atoms with Crippen LogP contribution in [0.5, 0.6) is 0 Å². The van der Waals surface area contributed by atoms with Gasteiger partial charge >= 0.3 is 0 Å². The molecule has 0 saturated carbocycles. The largest absolute Gasteiger partial charge is 0.352 e. The lowest BCUT2D eigenvalue weighted by Crippen LogP contribution is -2.22. The van der Waals surface area contributed by atoms with Crippen LogP contribution in [0.4, 0.5) is 5.69 Å². The predicted molar refractivity (Wildman–Crippen MR) is 105 cm³/mol. The molecule has 2 aromatic carbocycles. The Bertz CT molecular complexity index is 991. The number of hydrogen-bond donors (Lipinski definition) is 2. The van der Waals surface area contributed by atoms with Crippen molar-refractivity contribution in [1.82, 2.24) is 15.1 Å². The summed E-state index contributed by atoms with van der Waals surface area (Å²) in [5, 5.41) is 9.93. The SMILES string of the molecule is CCNC(=O)c1ccc(NC(=O)c2cnn(-c3ccccc3C)c2)c(C)c1. The Morgan fingerprint density at radius 3 is 2.48 bits per heavy atom. The summed E-state index contributed by atoms with van der Waals surface area (Å²) >= 11 is 0. The third kappa shape index (κ3) is 4.06. The molecule has 1 aromatic heterocycles. The van der Waals surface area contributed by atoms with Crippen LogP contribution in [-0.2, 0) is 0 Å². The fraction of sp³-hybridized carbons (Fsp3) is 0.190. The zero-order valence-corrected chi connectivity index (χ0v) is 15.6. The second kappa shape index (κ2) is 7.86. The van der Waals surface area contributed by atoms with E-state index in [2.05, 4.69) is 15.7 Å². The van der Waals surface area contributed by atoms with Crippen LogP contribution in [0, 0.1) is 13.8 Å². The molecule has 27 heavy (non-hydrogen) atoms. The minimum absolute atomic E-state index is 0.127. The third-order valence-corrected chi connectivity index (χ3v) is 4.28. The number of amides is 2. The van der Waals surface area contributed by atoms with Crippen LogP contribution >= 0.6 is 0 Å². The number of nitrogens with one attached hydrogen (secondary N) is 2. The van der Waals surface area contributed by atoms with Crippen molar-refractivity contribution in [3.05, 3.63) is 77.1 Å². The molecule has 2 N–H and O–H groups in total. The topological polar surface area (TPSA) is 76.0 Å². The van der Waals surface area contributed by atoms with E-state index < -0.39 is 0 Å². The van der Waals surface area contributed by atoms with Gasteiger partial charge in [0.05, 0.1) is 17.4 Å². The molecule has 0 aliphatic heterocycles. The number of aromatic nitrogens is 2. The number of rotatable bonds is 5. The van der Waals surface area contributed by atoms with E-state index in [0.29, 0.717) is 23.4 Å². The lowest BCUT2D eigenvalue weighted by atomic mass is 10.1. The third-order valence-electron chi connectivity index (χ3n) is 4.28. The van der Waals surface area contributed by atoms with Crippen molar-refractivity contribution < 1.29 is 9.59 Å². The molecule has 0 spiro atoms. The van der Waals surface area contributed by atoms with Gasteiger partial charge in [-0.25, -0.2) is 4.68 Å². The molecule has 6 nitrogen and oxygen atoms in total. The maximum atomic E-state index is 12.6. The van der Waals surface area contributed by atoms with Crippen LogP contribution in [-0.4, -0.2) is 28.1 Å². The number of nitrogens with zero attached hydrogens (tertiary/aromatic N) is 2. The van der Waals surface area contributed by atoms with E-state index in [1.54, 1.807) is 35.3 Å². The summed E-state index contributed by atoms with van der Waals surface area (Å²) in [7, 11) is 0. The summed E-state index contributed by atoms with van der Waals surface area (Å²) in [6.07, 6.45) is 3.25. The van der Waals surface area contributed by atoms with Gasteiger partial charge in [-0.05, 0) is 56.2 Å². The standard InChI is InChI=1S/C21H22N4O2/c1-4-22-20(26)16-9-10-18(15(3)11-16)24-21(27)17-12-23-25(13-17)19-8-6-5-7-14(19)2/h5-13H,4H2,1-3H3,(H,22,26)(H,24,27). The van der Waals surface area contributed by atoms with Crippen LogP contribution in [0.3, 0.4) is 0 Å². The van der Waals surface area contributed by atoms with Crippen LogP contribution in [0.1, 0.15) is 38.8 Å². The average Bonchev–Trinajstić information content (AvgIpc) is 3.14. The number of hydrogen-bond acceptors (Lipinski definition) is 3. The van der Waals surface area contributed by atoms with Crippen LogP contribution in [0.25, 0.3) is 5.69 Å². The summed E-state index contributed by atoms with van der Waals surface area (Å²) in [5.74, 6) is -0.373. The quantitative estimate of drug-likeness (QED) is 0.729. The van der Waals surface area contributed by atoms with Gasteiger partial charge in [0.2, 0.25) is 0 Å². The molecule has 1 heterocycles. The van der Waals surface area contributed by atoms with Crippen molar-refractivity contribution in [3.8, 4) is 5.69 Å². The Hall–Kier alpha value is -3.41. The van der Waals surface area contributed by atoms with E-state index in [4.69, 9.17) is 0 Å². The molecule has 0 aliphatic carbocycles. The molecule has 2 amide bonds. The lowest BCUT2D eigenvalue weighted by molar-refractivity contribution is 0.0955. The molecule has 6 heteroatoms. The summed E-state index contributed by atoms with van der Waals surface area (Å²) in [4.78, 5) is 24.5. The van der Waals surface area contributed by atoms with E-state index >= 15 is 0 Å². The average molecular weight is 362 g/mol. The Morgan fingerprint density at radius 1 is 1.00 bits per heavy atom. The number of para-hydroxylation sites is 1. The maximum Gasteiger partial charge on any atom is 0.258 e. The zero-order valence-electron chi connectivity index (χ0n) is 15.6. The van der Waals surface area contributed by atoms with E-state index in [0.717, 1.165) is 16.8 Å². The first-order valence-corrected chi connectivity index (χ1v) is 8.80. The molecule has 0 bridgehead atoms. The molecule has 0 fully saturated rings. The van der Waals surface area contributed by atoms with Gasteiger partial charge < -0.3 is 10.6 Å². The molecule has 3 aromatic rings. The second-order valence-corrected chi connectivity index (χ2v) is 6.30. The molecule has 0 radical (unpaired) electrons. The van der Waals surface area contributed by atoms with Crippen molar-refractivity contribution in [1.29, 1.82) is 0 Å². The number of carbonyl (C=O) groups excluding carboxylic acids is 2. The number of anilines is 1. The van der Waals surface area contributed by atoms with Gasteiger partial charge in [-0.2, -0.15) is 5.10 Å². The number of aryl methyl sites for hydroxylation is 2. The Labute approximate surface area is 158 Å². The van der Waals surface area contributed by atoms with Crippen LogP contribution in [0.15, 0.2) is 54.9 Å². The van der Waals surface area contributed by atoms with Gasteiger partial charge in [-0.3, -0.25) is 9.59 Å². The molecular formula is C21H22N4O2. The van der Waals surface area contributed by atoms with Gasteiger partial charge in [-0.1, -0.05) is 18.2 Å². The van der Waals surface area contributed by atoms with Gasteiger partial charge in [0.25, 0.3) is 11.8 Å². The summed E-state index contributed by atoms with van der Waals surface area (Å²) in [6, 6.07) is 13.0. The zero-order chi connectivity index (χ0) is 19.4. The predicted octanol–water partition coefficient (Wildman–Crippen LogP) is 3.49. The molecule has 0 aliphatic rings.